The lowest BCUT2D eigenvalue weighted by atomic mass is 9.67. The molecule has 0 N–H and O–H groups in total. The molecule has 0 saturated carbocycles. The molecule has 1 nitrogen and oxygen atoms in total. The molecule has 0 aliphatic heterocycles. The van der Waals surface area contributed by atoms with Gasteiger partial charge in [-0.15, -0.1) is 0 Å². The highest BCUT2D eigenvalue weighted by atomic mass is 15.1. The fourth-order valence-electron chi connectivity index (χ4n) is 8.85. The average Bonchev–Trinajstić information content (AvgIpc) is 1.46. The Morgan fingerprint density at radius 1 is 0.333 bits per heavy atom. The van der Waals surface area contributed by atoms with Gasteiger partial charge in [-0.05, 0) is 119 Å². The number of fused-ring (bicyclic) bond motifs is 4. The lowest BCUT2D eigenvalue weighted by Gasteiger charge is -2.34. The normalized spacial score (nSPS) is 17.9. The maximum atomic E-state index is 10.6. The molecule has 11 aromatic rings. The van der Waals surface area contributed by atoms with Gasteiger partial charge in [-0.25, -0.2) is 0 Å². The van der Waals surface area contributed by atoms with Gasteiger partial charge in [0.15, 0.2) is 0 Å². The first kappa shape index (κ1) is 20.5. The van der Waals surface area contributed by atoms with Crippen molar-refractivity contribution in [3.05, 3.63) is 295 Å². The molecule has 0 unspecified atom stereocenters. The lowest BCUT2D eigenvalue weighted by Crippen LogP contribution is -2.28. The van der Waals surface area contributed by atoms with E-state index in [1.807, 2.05) is 84.9 Å². The van der Waals surface area contributed by atoms with Gasteiger partial charge in [0.25, 0.3) is 0 Å². The number of anilines is 3. The van der Waals surface area contributed by atoms with Crippen molar-refractivity contribution >= 4 is 27.8 Å². The Hall–Kier alpha value is -8.52. The number of para-hydroxylation sites is 2. The fourth-order valence-corrected chi connectivity index (χ4v) is 8.85. The third-order valence-corrected chi connectivity index (χ3v) is 11.7. The van der Waals surface area contributed by atoms with Crippen molar-refractivity contribution in [2.75, 3.05) is 4.90 Å². The minimum Gasteiger partial charge on any atom is -0.310 e. The van der Waals surface area contributed by atoms with Gasteiger partial charge in [0.05, 0.1) is 46.7 Å². The van der Waals surface area contributed by atoms with Crippen molar-refractivity contribution in [1.82, 2.24) is 0 Å². The summed E-state index contributed by atoms with van der Waals surface area (Å²) in [6.45, 7) is 0. The van der Waals surface area contributed by atoms with E-state index < -0.39 is 218 Å². The average molecular weight is 866 g/mol. The smallest absolute Gasteiger partial charge is 0.0713 e. The maximum absolute atomic E-state index is 10.6. The van der Waals surface area contributed by atoms with Crippen LogP contribution in [-0.2, 0) is 5.41 Å². The summed E-state index contributed by atoms with van der Waals surface area (Å²) in [5.41, 5.74) is -8.26. The third-order valence-electron chi connectivity index (χ3n) is 11.7. The predicted molar refractivity (Wildman–Crippen MR) is 278 cm³/mol. The van der Waals surface area contributed by atoms with Crippen LogP contribution in [0.5, 0.6) is 0 Å². The highest BCUT2D eigenvalue weighted by Crippen LogP contribution is 2.57. The molecule has 0 atom stereocenters. The van der Waals surface area contributed by atoms with E-state index >= 15 is 0 Å². The summed E-state index contributed by atoms with van der Waals surface area (Å²) in [7, 11) is 0. The Balaban J connectivity index is 1.25. The summed E-state index contributed by atoms with van der Waals surface area (Å²) in [5.74, 6) is 0. The molecule has 0 fully saturated rings. The first-order chi connectivity index (χ1) is 43.6. The zero-order valence-electron chi connectivity index (χ0n) is 60.4. The largest absolute Gasteiger partial charge is 0.310 e. The Bertz CT molecular complexity index is 4910. The molecule has 1 aliphatic carbocycles. The van der Waals surface area contributed by atoms with Crippen LogP contribution in [0, 0.1) is 0 Å². The Morgan fingerprint density at radius 2 is 0.924 bits per heavy atom. The van der Waals surface area contributed by atoms with Gasteiger partial charge in [0.2, 0.25) is 0 Å². The van der Waals surface area contributed by atoms with Crippen LogP contribution in [-0.4, -0.2) is 0 Å². The van der Waals surface area contributed by atoms with Crippen LogP contribution in [0.1, 0.15) is 57.9 Å². The molecule has 12 rings (SSSR count). The van der Waals surface area contributed by atoms with E-state index in [9.17, 15) is 20.6 Å². The quantitative estimate of drug-likeness (QED) is 0.140. The van der Waals surface area contributed by atoms with Crippen molar-refractivity contribution in [3.8, 4) is 55.6 Å². The minimum atomic E-state index is -3.28. The van der Waals surface area contributed by atoms with Crippen LogP contribution in [0.25, 0.3) is 66.4 Å². The molecule has 0 bridgehead atoms. The number of rotatable bonds is 9. The van der Waals surface area contributed by atoms with E-state index in [-0.39, 0.29) is 11.3 Å². The molecular weight excluding hydrogens is 795 g/mol. The molecular formula is C65H45N. The second kappa shape index (κ2) is 16.6. The molecule has 0 amide bonds. The standard InChI is InChI=1S/C65H45N/c1-5-20-46(21-6-1)47-36-38-49(39-37-47)64-56-31-14-13-22-48(56)40-43-60(64)59-33-16-18-35-63(59)66(54-28-11-4-12-29-54)55-30-19-23-50(44-55)51-41-42-58-57-32-15-17-34-61(57)65(62(58)45-51,52-24-7-2-8-25-52)53-26-9-3-10-27-53/h1-45H/i2D,3D,4D,7D,8D,9D,10D,11D,12D,15D,17D,19D,23D,24D,25D,26D,27D,28D,29D,30D,32D,34D,41D,42D,44D,45D. The van der Waals surface area contributed by atoms with E-state index in [1.165, 1.54) is 12.1 Å². The van der Waals surface area contributed by atoms with Gasteiger partial charge in [0.1, 0.15) is 0 Å². The number of nitrogens with zero attached hydrogens (tertiary/aromatic N) is 1. The summed E-state index contributed by atoms with van der Waals surface area (Å²) >= 11 is 0. The Kier molecular flexibility index (Phi) is 5.15. The Labute approximate surface area is 423 Å². The molecule has 0 spiro atoms. The molecule has 0 heterocycles. The van der Waals surface area contributed by atoms with E-state index in [0.29, 0.717) is 16.7 Å². The number of hydrogen-bond donors (Lipinski definition) is 0. The summed E-state index contributed by atoms with van der Waals surface area (Å²) in [5, 5.41) is 1.55. The van der Waals surface area contributed by atoms with E-state index in [0.717, 1.165) is 26.8 Å². The van der Waals surface area contributed by atoms with Crippen molar-refractivity contribution in [2.24, 2.45) is 0 Å². The van der Waals surface area contributed by atoms with Crippen LogP contribution < -0.4 is 4.90 Å². The summed E-state index contributed by atoms with van der Waals surface area (Å²) < 4.78 is 244. The van der Waals surface area contributed by atoms with Gasteiger partial charge in [0, 0.05) is 16.9 Å². The number of benzene rings is 11. The fraction of sp³-hybridized carbons (Fsp3) is 0.0154. The molecule has 0 saturated heterocycles. The topological polar surface area (TPSA) is 3.24 Å². The molecule has 1 heteroatoms. The van der Waals surface area contributed by atoms with E-state index in [2.05, 4.69) is 0 Å². The molecule has 0 radical (unpaired) electrons. The SMILES string of the molecule is [2H]c1c([2H])c([2H])c(N(c2ccccc2-c2ccc3ccccc3c2-c2ccc(-c3ccccc3)cc2)c2c([2H])c([2H])c([2H])c(-c3c([2H])c([2H])c4c(c3[2H])C(c3c([2H])c([2H])c([2H])c([2H])c3[2H])(c3c([2H])c([2H])c([2H])c([2H])c3[2H])c3c([2H])c([2H])c([2H])c([2H])c3-4)c2[2H])c([2H])c1[2H]. The first-order valence-corrected chi connectivity index (χ1v) is 20.7. The van der Waals surface area contributed by atoms with Crippen molar-refractivity contribution in [1.29, 1.82) is 0 Å². The van der Waals surface area contributed by atoms with Crippen molar-refractivity contribution in [2.45, 2.75) is 5.41 Å². The zero-order valence-corrected chi connectivity index (χ0v) is 34.4. The third kappa shape index (κ3) is 6.56. The summed E-state index contributed by atoms with van der Waals surface area (Å²) in [6.07, 6.45) is 0. The highest BCUT2D eigenvalue weighted by molar-refractivity contribution is 6.06. The van der Waals surface area contributed by atoms with E-state index in [1.54, 1.807) is 18.2 Å². The summed E-state index contributed by atoms with van der Waals surface area (Å²) in [4.78, 5) is 0.977. The predicted octanol–water partition coefficient (Wildman–Crippen LogP) is 17.3. The highest BCUT2D eigenvalue weighted by Gasteiger charge is 2.46. The monoisotopic (exact) mass is 866 g/mol. The van der Waals surface area contributed by atoms with E-state index in [4.69, 9.17) is 15.1 Å². The van der Waals surface area contributed by atoms with Gasteiger partial charge in [-0.3, -0.25) is 0 Å². The van der Waals surface area contributed by atoms with Crippen molar-refractivity contribution < 1.29 is 35.6 Å². The van der Waals surface area contributed by atoms with Crippen LogP contribution in [0.4, 0.5) is 17.1 Å². The zero-order chi connectivity index (χ0) is 66.5. The maximum Gasteiger partial charge on any atom is 0.0713 e. The first-order valence-electron chi connectivity index (χ1n) is 33.7. The molecule has 1 aliphatic rings. The summed E-state index contributed by atoms with van der Waals surface area (Å²) in [6, 6.07) is 7.67. The van der Waals surface area contributed by atoms with Gasteiger partial charge in [-0.2, -0.15) is 0 Å². The Morgan fingerprint density at radius 3 is 1.70 bits per heavy atom. The lowest BCUT2D eigenvalue weighted by molar-refractivity contribution is 0.769. The molecule has 66 heavy (non-hydrogen) atoms. The van der Waals surface area contributed by atoms with Crippen LogP contribution in [0.2, 0.25) is 0 Å². The van der Waals surface area contributed by atoms with Gasteiger partial charge < -0.3 is 4.90 Å². The second-order valence-electron chi connectivity index (χ2n) is 15.2. The van der Waals surface area contributed by atoms with Crippen LogP contribution in [0.15, 0.2) is 272 Å². The number of hydrogen-bond acceptors (Lipinski definition) is 1. The van der Waals surface area contributed by atoms with Crippen molar-refractivity contribution in [3.63, 3.8) is 0 Å². The van der Waals surface area contributed by atoms with Gasteiger partial charge in [-0.1, -0.05) is 236 Å². The van der Waals surface area contributed by atoms with Gasteiger partial charge >= 0.3 is 0 Å². The van der Waals surface area contributed by atoms with Crippen LogP contribution >= 0.6 is 0 Å². The molecule has 0 aromatic heterocycles. The van der Waals surface area contributed by atoms with Crippen LogP contribution in [0.3, 0.4) is 0 Å². The molecule has 11 aromatic carbocycles. The molecule has 310 valence electrons. The minimum absolute atomic E-state index is 0.0823. The second-order valence-corrected chi connectivity index (χ2v) is 15.2.